The molecule has 0 radical (unpaired) electrons. The summed E-state index contributed by atoms with van der Waals surface area (Å²) in [6.45, 7) is 2.05. The van der Waals surface area contributed by atoms with Crippen molar-refractivity contribution >= 4 is 5.91 Å². The number of nitrogens with zero attached hydrogens (tertiary/aromatic N) is 2. The third-order valence-electron chi connectivity index (χ3n) is 4.56. The van der Waals surface area contributed by atoms with Crippen molar-refractivity contribution in [3.63, 3.8) is 0 Å². The van der Waals surface area contributed by atoms with Gasteiger partial charge in [0.05, 0.1) is 6.04 Å². The second-order valence-electron chi connectivity index (χ2n) is 5.62. The van der Waals surface area contributed by atoms with Crippen LogP contribution in [0.4, 0.5) is 0 Å². The van der Waals surface area contributed by atoms with Gasteiger partial charge in [-0.2, -0.15) is 5.10 Å². The average molecular weight is 248 g/mol. The molecule has 3 rings (SSSR count). The Hall–Kier alpha value is -1.39. The summed E-state index contributed by atoms with van der Waals surface area (Å²) in [4.78, 5) is 16.5. The third-order valence-corrected chi connectivity index (χ3v) is 4.56. The van der Waals surface area contributed by atoms with Gasteiger partial charge in [-0.3, -0.25) is 9.89 Å². The Kier molecular flexibility index (Phi) is 3.06. The molecular weight excluding hydrogens is 228 g/mol. The maximum atomic E-state index is 12.3. The molecule has 5 heteroatoms. The Balaban J connectivity index is 1.63. The molecule has 1 aromatic heterocycles. The van der Waals surface area contributed by atoms with Gasteiger partial charge in [0.15, 0.2) is 0 Å². The van der Waals surface area contributed by atoms with Gasteiger partial charge in [0.1, 0.15) is 12.2 Å². The number of hydrogen-bond acceptors (Lipinski definition) is 3. The van der Waals surface area contributed by atoms with E-state index in [1.807, 2.05) is 6.92 Å². The zero-order chi connectivity index (χ0) is 12.5. The molecule has 1 amide bonds. The van der Waals surface area contributed by atoms with Crippen molar-refractivity contribution in [2.45, 2.75) is 45.1 Å². The van der Waals surface area contributed by atoms with Gasteiger partial charge < -0.3 is 5.32 Å². The van der Waals surface area contributed by atoms with E-state index in [0.29, 0.717) is 5.92 Å². The summed E-state index contributed by atoms with van der Waals surface area (Å²) in [6.07, 6.45) is 7.24. The van der Waals surface area contributed by atoms with Crippen LogP contribution in [0.2, 0.25) is 0 Å². The first kappa shape index (κ1) is 11.7. The Bertz CT molecular complexity index is 417. The molecule has 98 valence electrons. The summed E-state index contributed by atoms with van der Waals surface area (Å²) in [5.41, 5.74) is 0. The van der Waals surface area contributed by atoms with Crippen LogP contribution in [-0.4, -0.2) is 21.1 Å². The van der Waals surface area contributed by atoms with E-state index in [1.165, 1.54) is 25.6 Å². The lowest BCUT2D eigenvalue weighted by molar-refractivity contribution is -0.127. The highest BCUT2D eigenvalue weighted by molar-refractivity contribution is 5.79. The summed E-state index contributed by atoms with van der Waals surface area (Å²) < 4.78 is 0. The summed E-state index contributed by atoms with van der Waals surface area (Å²) in [7, 11) is 0. The molecule has 2 aliphatic carbocycles. The standard InChI is InChI=1S/C13H20N4O/c1-2-11(12-14-7-15-17-12)16-13(18)10-6-8-3-4-9(10)5-8/h7-11H,2-6H2,1H3,(H,16,18)(H,14,15,17)/t8-,9-,10+,11+/m0/s1. The largest absolute Gasteiger partial charge is 0.346 e. The zero-order valence-corrected chi connectivity index (χ0v) is 10.7. The predicted octanol–water partition coefficient (Wildman–Crippen LogP) is 1.81. The van der Waals surface area contributed by atoms with E-state index in [2.05, 4.69) is 20.5 Å². The minimum Gasteiger partial charge on any atom is -0.346 e. The van der Waals surface area contributed by atoms with E-state index in [-0.39, 0.29) is 17.9 Å². The minimum absolute atomic E-state index is 0.0286. The highest BCUT2D eigenvalue weighted by atomic mass is 16.2. The molecule has 18 heavy (non-hydrogen) atoms. The van der Waals surface area contributed by atoms with Gasteiger partial charge >= 0.3 is 0 Å². The molecule has 2 N–H and O–H groups in total. The van der Waals surface area contributed by atoms with E-state index in [0.717, 1.165) is 24.6 Å². The van der Waals surface area contributed by atoms with Crippen molar-refractivity contribution in [2.75, 3.05) is 0 Å². The lowest BCUT2D eigenvalue weighted by atomic mass is 9.88. The van der Waals surface area contributed by atoms with E-state index < -0.39 is 0 Å². The number of fused-ring (bicyclic) bond motifs is 2. The van der Waals surface area contributed by atoms with E-state index in [4.69, 9.17) is 0 Å². The van der Waals surface area contributed by atoms with Gasteiger partial charge in [-0.1, -0.05) is 13.3 Å². The van der Waals surface area contributed by atoms with Crippen molar-refractivity contribution in [1.82, 2.24) is 20.5 Å². The van der Waals surface area contributed by atoms with Crippen LogP contribution in [-0.2, 0) is 4.79 Å². The maximum absolute atomic E-state index is 12.3. The molecule has 2 bridgehead atoms. The Morgan fingerprint density at radius 3 is 3.00 bits per heavy atom. The number of carbonyl (C=O) groups excluding carboxylic acids is 1. The summed E-state index contributed by atoms with van der Waals surface area (Å²) in [5, 5.41) is 9.81. The first-order chi connectivity index (χ1) is 8.78. The quantitative estimate of drug-likeness (QED) is 0.853. The van der Waals surface area contributed by atoms with E-state index in [9.17, 15) is 4.79 Å². The van der Waals surface area contributed by atoms with Crippen LogP contribution in [0.3, 0.4) is 0 Å². The molecule has 5 nitrogen and oxygen atoms in total. The van der Waals surface area contributed by atoms with Gasteiger partial charge in [-0.05, 0) is 37.5 Å². The van der Waals surface area contributed by atoms with Crippen LogP contribution in [0.5, 0.6) is 0 Å². The third kappa shape index (κ3) is 2.02. The second kappa shape index (κ2) is 4.71. The summed E-state index contributed by atoms with van der Waals surface area (Å²) in [5.74, 6) is 2.64. The zero-order valence-electron chi connectivity index (χ0n) is 10.7. The highest BCUT2D eigenvalue weighted by Crippen LogP contribution is 2.48. The normalized spacial score (nSPS) is 31.5. The lowest BCUT2D eigenvalue weighted by Crippen LogP contribution is -2.36. The van der Waals surface area contributed by atoms with Crippen molar-refractivity contribution < 1.29 is 4.79 Å². The lowest BCUT2D eigenvalue weighted by Gasteiger charge is -2.23. The number of rotatable bonds is 4. The average Bonchev–Trinajstić information content (AvgIpc) is 3.10. The predicted molar refractivity (Wildman–Crippen MR) is 66.5 cm³/mol. The fourth-order valence-corrected chi connectivity index (χ4v) is 3.59. The van der Waals surface area contributed by atoms with Gasteiger partial charge in [-0.25, -0.2) is 4.98 Å². The Labute approximate surface area is 107 Å². The van der Waals surface area contributed by atoms with Crippen molar-refractivity contribution in [3.05, 3.63) is 12.2 Å². The Morgan fingerprint density at radius 2 is 2.44 bits per heavy atom. The fourth-order valence-electron chi connectivity index (χ4n) is 3.59. The summed E-state index contributed by atoms with van der Waals surface area (Å²) in [6, 6.07) is -0.0286. The second-order valence-corrected chi connectivity index (χ2v) is 5.62. The molecule has 2 fully saturated rings. The molecule has 0 spiro atoms. The fraction of sp³-hybridized carbons (Fsp3) is 0.769. The molecule has 4 atom stereocenters. The van der Waals surface area contributed by atoms with Crippen molar-refractivity contribution in [1.29, 1.82) is 0 Å². The first-order valence-corrected chi connectivity index (χ1v) is 6.93. The van der Waals surface area contributed by atoms with Crippen LogP contribution in [0.1, 0.15) is 50.9 Å². The van der Waals surface area contributed by atoms with Crippen molar-refractivity contribution in [3.8, 4) is 0 Å². The molecule has 2 aliphatic rings. The number of amides is 1. The van der Waals surface area contributed by atoms with Crippen molar-refractivity contribution in [2.24, 2.45) is 17.8 Å². The molecule has 1 heterocycles. The molecular formula is C13H20N4O. The van der Waals surface area contributed by atoms with Crippen LogP contribution in [0.25, 0.3) is 0 Å². The first-order valence-electron chi connectivity index (χ1n) is 6.93. The number of carbonyl (C=O) groups is 1. The van der Waals surface area contributed by atoms with Gasteiger partial charge in [0, 0.05) is 5.92 Å². The van der Waals surface area contributed by atoms with Crippen LogP contribution in [0.15, 0.2) is 6.33 Å². The van der Waals surface area contributed by atoms with E-state index >= 15 is 0 Å². The highest BCUT2D eigenvalue weighted by Gasteiger charge is 2.43. The number of nitrogens with one attached hydrogen (secondary N) is 2. The molecule has 1 aromatic rings. The summed E-state index contributed by atoms with van der Waals surface area (Å²) >= 11 is 0. The number of aromatic amines is 1. The van der Waals surface area contributed by atoms with Crippen LogP contribution in [0, 0.1) is 17.8 Å². The number of H-pyrrole nitrogens is 1. The number of aromatic nitrogens is 3. The molecule has 0 unspecified atom stereocenters. The maximum Gasteiger partial charge on any atom is 0.223 e. The SMILES string of the molecule is CC[C@@H](NC(=O)[C@@H]1C[C@H]2CC[C@H]1C2)c1ncn[nH]1. The van der Waals surface area contributed by atoms with Crippen LogP contribution >= 0.6 is 0 Å². The molecule has 2 saturated carbocycles. The smallest absolute Gasteiger partial charge is 0.223 e. The van der Waals surface area contributed by atoms with Crippen LogP contribution < -0.4 is 5.32 Å². The molecule has 0 aliphatic heterocycles. The van der Waals surface area contributed by atoms with Gasteiger partial charge in [0.2, 0.25) is 5.91 Å². The molecule has 0 aromatic carbocycles. The van der Waals surface area contributed by atoms with Gasteiger partial charge in [0.25, 0.3) is 0 Å². The van der Waals surface area contributed by atoms with Gasteiger partial charge in [-0.15, -0.1) is 0 Å². The van der Waals surface area contributed by atoms with E-state index in [1.54, 1.807) is 0 Å². The Morgan fingerprint density at radius 1 is 1.56 bits per heavy atom. The topological polar surface area (TPSA) is 70.7 Å². The molecule has 0 saturated heterocycles. The number of hydrogen-bond donors (Lipinski definition) is 2. The monoisotopic (exact) mass is 248 g/mol. The minimum atomic E-state index is -0.0286.